The Labute approximate surface area is 128 Å². The van der Waals surface area contributed by atoms with E-state index >= 15 is 0 Å². The zero-order valence-corrected chi connectivity index (χ0v) is 13.8. The summed E-state index contributed by atoms with van der Waals surface area (Å²) < 4.78 is 8.05. The topological polar surface area (TPSA) is 42.7 Å². The van der Waals surface area contributed by atoms with Crippen molar-refractivity contribution in [2.24, 2.45) is 0 Å². The Bertz CT molecular complexity index is 553. The Kier molecular flexibility index (Phi) is 5.37. The van der Waals surface area contributed by atoms with Crippen molar-refractivity contribution >= 4 is 27.4 Å². The number of fused-ring (bicyclic) bond motifs is 1. The molecule has 2 aromatic rings. The lowest BCUT2D eigenvalue weighted by Gasteiger charge is -2.31. The van der Waals surface area contributed by atoms with Crippen LogP contribution in [0.25, 0.3) is 5.65 Å². The van der Waals surface area contributed by atoms with E-state index in [4.69, 9.17) is 4.74 Å². The lowest BCUT2D eigenvalue weighted by Crippen LogP contribution is -2.38. The highest BCUT2D eigenvalue weighted by Gasteiger charge is 2.20. The minimum atomic E-state index is 0.437. The summed E-state index contributed by atoms with van der Waals surface area (Å²) in [6.07, 6.45) is 7.80. The van der Waals surface area contributed by atoms with Crippen LogP contribution in [0.3, 0.4) is 0 Å². The zero-order valence-electron chi connectivity index (χ0n) is 12.2. The van der Waals surface area contributed by atoms with Crippen molar-refractivity contribution in [1.29, 1.82) is 0 Å². The number of halogens is 1. The van der Waals surface area contributed by atoms with Crippen LogP contribution in [0.1, 0.15) is 26.7 Å². The van der Waals surface area contributed by atoms with Crippen molar-refractivity contribution in [2.75, 3.05) is 25.2 Å². The van der Waals surface area contributed by atoms with Crippen molar-refractivity contribution in [3.63, 3.8) is 0 Å². The molecule has 0 aliphatic heterocycles. The minimum Gasteiger partial charge on any atom is -0.383 e. The Morgan fingerprint density at radius 1 is 1.40 bits per heavy atom. The van der Waals surface area contributed by atoms with Crippen molar-refractivity contribution in [3.05, 3.63) is 23.2 Å². The maximum atomic E-state index is 5.25. The Morgan fingerprint density at radius 2 is 2.15 bits per heavy atom. The van der Waals surface area contributed by atoms with Gasteiger partial charge in [-0.3, -0.25) is 0 Å². The fraction of sp³-hybridized carbons (Fsp3) is 0.571. The van der Waals surface area contributed by atoms with E-state index in [-0.39, 0.29) is 0 Å². The van der Waals surface area contributed by atoms with Crippen LogP contribution in [-0.2, 0) is 4.74 Å². The van der Waals surface area contributed by atoms with E-state index in [0.29, 0.717) is 12.6 Å². The van der Waals surface area contributed by atoms with Gasteiger partial charge in [0, 0.05) is 38.3 Å². The van der Waals surface area contributed by atoms with Crippen molar-refractivity contribution in [2.45, 2.75) is 32.7 Å². The van der Waals surface area contributed by atoms with Crippen LogP contribution in [0.2, 0.25) is 0 Å². The first kappa shape index (κ1) is 15.3. The van der Waals surface area contributed by atoms with Crippen LogP contribution in [0.4, 0.5) is 5.82 Å². The summed E-state index contributed by atoms with van der Waals surface area (Å²) in [7, 11) is 1.73. The predicted octanol–water partition coefficient (Wildman–Crippen LogP) is 3.13. The molecule has 2 rings (SSSR count). The van der Waals surface area contributed by atoms with E-state index in [1.807, 2.05) is 16.8 Å². The molecule has 0 aliphatic carbocycles. The lowest BCUT2D eigenvalue weighted by molar-refractivity contribution is 0.202. The van der Waals surface area contributed by atoms with E-state index in [1.165, 1.54) is 0 Å². The van der Waals surface area contributed by atoms with Crippen LogP contribution in [0.5, 0.6) is 0 Å². The van der Waals surface area contributed by atoms with E-state index < -0.39 is 0 Å². The molecule has 0 atom stereocenters. The number of rotatable bonds is 7. The molecular formula is C14H21BrN4O. The second kappa shape index (κ2) is 7.04. The second-order valence-electron chi connectivity index (χ2n) is 4.70. The van der Waals surface area contributed by atoms with E-state index in [9.17, 15) is 0 Å². The zero-order chi connectivity index (χ0) is 14.5. The summed E-state index contributed by atoms with van der Waals surface area (Å²) in [5.41, 5.74) is 0.885. The quantitative estimate of drug-likeness (QED) is 0.776. The van der Waals surface area contributed by atoms with Gasteiger partial charge in [0.05, 0.1) is 6.61 Å². The molecule has 0 spiro atoms. The minimum absolute atomic E-state index is 0.437. The van der Waals surface area contributed by atoms with Gasteiger partial charge in [0.25, 0.3) is 0 Å². The fourth-order valence-corrected chi connectivity index (χ4v) is 2.85. The van der Waals surface area contributed by atoms with Gasteiger partial charge >= 0.3 is 0 Å². The van der Waals surface area contributed by atoms with Crippen LogP contribution in [0, 0.1) is 0 Å². The van der Waals surface area contributed by atoms with E-state index in [1.54, 1.807) is 13.3 Å². The summed E-state index contributed by atoms with van der Waals surface area (Å²) >= 11 is 3.48. The van der Waals surface area contributed by atoms with E-state index in [0.717, 1.165) is 35.5 Å². The van der Waals surface area contributed by atoms with Crippen LogP contribution >= 0.6 is 15.9 Å². The van der Waals surface area contributed by atoms with Gasteiger partial charge in [-0.15, -0.1) is 0 Å². The molecule has 2 heterocycles. The molecule has 0 N–H and O–H groups in total. The van der Waals surface area contributed by atoms with Gasteiger partial charge in [0.2, 0.25) is 0 Å². The smallest absolute Gasteiger partial charge is 0.180 e. The van der Waals surface area contributed by atoms with Gasteiger partial charge in [0.15, 0.2) is 11.5 Å². The summed E-state index contributed by atoms with van der Waals surface area (Å²) in [5, 5.41) is 0. The van der Waals surface area contributed by atoms with E-state index in [2.05, 4.69) is 44.6 Å². The summed E-state index contributed by atoms with van der Waals surface area (Å²) in [4.78, 5) is 11.4. The van der Waals surface area contributed by atoms with Gasteiger partial charge in [-0.2, -0.15) is 0 Å². The largest absolute Gasteiger partial charge is 0.383 e. The monoisotopic (exact) mass is 340 g/mol. The highest BCUT2D eigenvalue weighted by atomic mass is 79.9. The van der Waals surface area contributed by atoms with Crippen molar-refractivity contribution < 1.29 is 4.74 Å². The Balaban J connectivity index is 2.46. The summed E-state index contributed by atoms with van der Waals surface area (Å²) in [6, 6.07) is 0.437. The lowest BCUT2D eigenvalue weighted by atomic mass is 10.1. The highest BCUT2D eigenvalue weighted by Crippen LogP contribution is 2.24. The molecule has 20 heavy (non-hydrogen) atoms. The number of anilines is 1. The molecule has 0 saturated heterocycles. The Hall–Kier alpha value is -1.14. The molecule has 0 aliphatic rings. The predicted molar refractivity (Wildman–Crippen MR) is 84.3 cm³/mol. The normalized spacial score (nSPS) is 11.4. The first-order chi connectivity index (χ1) is 9.71. The third-order valence-corrected chi connectivity index (χ3v) is 3.90. The average Bonchev–Trinajstić information content (AvgIpc) is 2.90. The van der Waals surface area contributed by atoms with Crippen LogP contribution < -0.4 is 4.90 Å². The van der Waals surface area contributed by atoms with Gasteiger partial charge in [-0.1, -0.05) is 13.8 Å². The van der Waals surface area contributed by atoms with Crippen molar-refractivity contribution in [3.8, 4) is 0 Å². The molecule has 0 aromatic carbocycles. The summed E-state index contributed by atoms with van der Waals surface area (Å²) in [5.74, 6) is 0.912. The molecule has 0 saturated carbocycles. The van der Waals surface area contributed by atoms with Gasteiger partial charge in [-0.25, -0.2) is 9.97 Å². The maximum Gasteiger partial charge on any atom is 0.180 e. The standard InChI is InChI=1S/C14H21BrN4O/c1-4-11(5-2)19(8-9-20-3)14-13-16-6-7-18(13)10-12(15)17-14/h6-7,10-11H,4-5,8-9H2,1-3H3. The molecule has 110 valence electrons. The number of hydrogen-bond donors (Lipinski definition) is 0. The molecule has 0 amide bonds. The van der Waals surface area contributed by atoms with Crippen molar-refractivity contribution in [1.82, 2.24) is 14.4 Å². The molecule has 6 heteroatoms. The van der Waals surface area contributed by atoms with Crippen LogP contribution in [0.15, 0.2) is 23.2 Å². The molecular weight excluding hydrogens is 320 g/mol. The first-order valence-corrected chi connectivity index (χ1v) is 7.75. The first-order valence-electron chi connectivity index (χ1n) is 6.96. The number of ether oxygens (including phenoxy) is 1. The second-order valence-corrected chi connectivity index (χ2v) is 5.51. The average molecular weight is 341 g/mol. The maximum absolute atomic E-state index is 5.25. The number of nitrogens with zero attached hydrogens (tertiary/aromatic N) is 4. The molecule has 5 nitrogen and oxygen atoms in total. The molecule has 0 radical (unpaired) electrons. The van der Waals surface area contributed by atoms with Crippen LogP contribution in [-0.4, -0.2) is 40.7 Å². The Morgan fingerprint density at radius 3 is 2.80 bits per heavy atom. The number of methoxy groups -OCH3 is 1. The highest BCUT2D eigenvalue weighted by molar-refractivity contribution is 9.10. The third-order valence-electron chi connectivity index (χ3n) is 3.52. The molecule has 2 aromatic heterocycles. The number of hydrogen-bond acceptors (Lipinski definition) is 4. The van der Waals surface area contributed by atoms with Gasteiger partial charge in [0.1, 0.15) is 4.60 Å². The number of imidazole rings is 1. The van der Waals surface area contributed by atoms with Gasteiger partial charge < -0.3 is 14.0 Å². The molecule has 0 fully saturated rings. The molecule has 0 bridgehead atoms. The van der Waals surface area contributed by atoms with Gasteiger partial charge in [-0.05, 0) is 28.8 Å². The SMILES string of the molecule is CCC(CC)N(CCOC)c1nc(Br)cn2ccnc12. The molecule has 0 unspecified atom stereocenters. The fourth-order valence-electron chi connectivity index (χ4n) is 2.46. The summed E-state index contributed by atoms with van der Waals surface area (Å²) in [6.45, 7) is 5.90. The third kappa shape index (κ3) is 3.12. The number of aromatic nitrogens is 3.